The first kappa shape index (κ1) is 11.7. The summed E-state index contributed by atoms with van der Waals surface area (Å²) in [4.78, 5) is 14.9. The molecule has 1 rings (SSSR count). The minimum atomic E-state index is -1.12. The number of hydrogen-bond acceptors (Lipinski definition) is 3. The van der Waals surface area contributed by atoms with Crippen LogP contribution < -0.4 is 0 Å². The topological polar surface area (TPSA) is 58.9 Å². The Morgan fingerprint density at radius 3 is 2.73 bits per heavy atom. The van der Waals surface area contributed by atoms with E-state index < -0.39 is 5.97 Å². The summed E-state index contributed by atoms with van der Waals surface area (Å²) in [5.41, 5.74) is 2.08. The largest absolute Gasteiger partial charge is 0.477 e. The number of oxime groups is 1. The molecule has 0 spiro atoms. The SMILES string of the molecule is O=C(O)C=NOCc1ccccc1CBr. The van der Waals surface area contributed by atoms with Gasteiger partial charge in [-0.2, -0.15) is 0 Å². The molecule has 1 aromatic carbocycles. The first-order valence-electron chi connectivity index (χ1n) is 4.25. The van der Waals surface area contributed by atoms with Crippen LogP contribution >= 0.6 is 15.9 Å². The molecule has 0 aromatic heterocycles. The summed E-state index contributed by atoms with van der Waals surface area (Å²) in [6.07, 6.45) is 0.719. The molecule has 0 saturated heterocycles. The summed E-state index contributed by atoms with van der Waals surface area (Å²) >= 11 is 3.35. The molecular formula is C10H10BrNO3. The number of rotatable bonds is 5. The molecule has 0 atom stereocenters. The Bertz CT molecular complexity index is 365. The fourth-order valence-corrected chi connectivity index (χ4v) is 1.56. The molecule has 0 amide bonds. The van der Waals surface area contributed by atoms with Crippen LogP contribution in [0.3, 0.4) is 0 Å². The molecule has 1 N–H and O–H groups in total. The van der Waals surface area contributed by atoms with E-state index in [0.717, 1.165) is 22.7 Å². The van der Waals surface area contributed by atoms with Crippen LogP contribution in [0.5, 0.6) is 0 Å². The van der Waals surface area contributed by atoms with E-state index in [1.807, 2.05) is 24.3 Å². The van der Waals surface area contributed by atoms with E-state index in [9.17, 15) is 4.79 Å². The number of carbonyl (C=O) groups is 1. The third-order valence-corrected chi connectivity index (χ3v) is 2.32. The van der Waals surface area contributed by atoms with E-state index >= 15 is 0 Å². The molecule has 0 aliphatic heterocycles. The second-order valence-electron chi connectivity index (χ2n) is 2.75. The Labute approximate surface area is 95.7 Å². The van der Waals surface area contributed by atoms with E-state index in [4.69, 9.17) is 9.94 Å². The van der Waals surface area contributed by atoms with Gasteiger partial charge in [0.25, 0.3) is 0 Å². The van der Waals surface area contributed by atoms with E-state index in [-0.39, 0.29) is 6.61 Å². The maximum absolute atomic E-state index is 10.1. The van der Waals surface area contributed by atoms with Crippen LogP contribution in [0.2, 0.25) is 0 Å². The lowest BCUT2D eigenvalue weighted by Gasteiger charge is -2.04. The molecule has 5 heteroatoms. The van der Waals surface area contributed by atoms with Crippen LogP contribution in [0.4, 0.5) is 0 Å². The number of nitrogens with zero attached hydrogens (tertiary/aromatic N) is 1. The lowest BCUT2D eigenvalue weighted by atomic mass is 10.1. The molecule has 0 saturated carbocycles. The summed E-state index contributed by atoms with van der Waals surface area (Å²) in [7, 11) is 0. The molecule has 15 heavy (non-hydrogen) atoms. The third kappa shape index (κ3) is 4.12. The number of carboxylic acids is 1. The van der Waals surface area contributed by atoms with Gasteiger partial charge in [-0.05, 0) is 11.1 Å². The number of hydrogen-bond donors (Lipinski definition) is 1. The van der Waals surface area contributed by atoms with Crippen molar-refractivity contribution < 1.29 is 14.7 Å². The molecule has 0 aliphatic carbocycles. The molecule has 1 aromatic rings. The number of carboxylic acid groups (broad SMARTS) is 1. The molecule has 0 fully saturated rings. The number of benzene rings is 1. The van der Waals surface area contributed by atoms with E-state index in [1.165, 1.54) is 0 Å². The highest BCUT2D eigenvalue weighted by atomic mass is 79.9. The van der Waals surface area contributed by atoms with Gasteiger partial charge in [0.2, 0.25) is 0 Å². The lowest BCUT2D eigenvalue weighted by molar-refractivity contribution is -0.129. The van der Waals surface area contributed by atoms with Crippen LogP contribution in [0, 0.1) is 0 Å². The minimum absolute atomic E-state index is 0.269. The Balaban J connectivity index is 2.53. The smallest absolute Gasteiger partial charge is 0.350 e. The molecule has 0 aliphatic rings. The lowest BCUT2D eigenvalue weighted by Crippen LogP contribution is -1.97. The maximum Gasteiger partial charge on any atom is 0.350 e. The number of alkyl halides is 1. The maximum atomic E-state index is 10.1. The Morgan fingerprint density at radius 2 is 2.13 bits per heavy atom. The van der Waals surface area contributed by atoms with E-state index in [2.05, 4.69) is 21.1 Å². The quantitative estimate of drug-likeness (QED) is 0.507. The van der Waals surface area contributed by atoms with Crippen molar-refractivity contribution in [1.82, 2.24) is 0 Å². The average Bonchev–Trinajstić information content (AvgIpc) is 2.24. The van der Waals surface area contributed by atoms with Crippen molar-refractivity contribution in [3.8, 4) is 0 Å². The van der Waals surface area contributed by atoms with Gasteiger partial charge in [-0.1, -0.05) is 45.4 Å². The molecule has 0 bridgehead atoms. The Morgan fingerprint density at radius 1 is 1.47 bits per heavy atom. The van der Waals surface area contributed by atoms with Crippen molar-refractivity contribution in [1.29, 1.82) is 0 Å². The van der Waals surface area contributed by atoms with Gasteiger partial charge in [0, 0.05) is 5.33 Å². The standard InChI is InChI=1S/C10H10BrNO3/c11-5-8-3-1-2-4-9(8)7-15-12-6-10(13)14/h1-4,6H,5,7H2,(H,13,14). The van der Waals surface area contributed by atoms with Crippen molar-refractivity contribution >= 4 is 28.1 Å². The van der Waals surface area contributed by atoms with Crippen molar-refractivity contribution in [3.05, 3.63) is 35.4 Å². The summed E-state index contributed by atoms with van der Waals surface area (Å²) < 4.78 is 0. The van der Waals surface area contributed by atoms with Gasteiger partial charge >= 0.3 is 5.97 Å². The first-order chi connectivity index (χ1) is 7.24. The summed E-state index contributed by atoms with van der Waals surface area (Å²) in [6.45, 7) is 0.269. The monoisotopic (exact) mass is 271 g/mol. The minimum Gasteiger partial charge on any atom is -0.477 e. The Kier molecular flexibility index (Phi) is 4.83. The first-order valence-corrected chi connectivity index (χ1v) is 5.37. The molecule has 0 radical (unpaired) electrons. The van der Waals surface area contributed by atoms with Crippen molar-refractivity contribution in [2.75, 3.05) is 0 Å². The highest BCUT2D eigenvalue weighted by Gasteiger charge is 1.99. The second-order valence-corrected chi connectivity index (χ2v) is 3.31. The van der Waals surface area contributed by atoms with Gasteiger partial charge in [0.05, 0.1) is 0 Å². The molecule has 0 unspecified atom stereocenters. The predicted octanol–water partition coefficient (Wildman–Crippen LogP) is 2.17. The predicted molar refractivity (Wildman–Crippen MR) is 60.0 cm³/mol. The van der Waals surface area contributed by atoms with Gasteiger partial charge in [-0.25, -0.2) is 4.79 Å². The van der Waals surface area contributed by atoms with Crippen LogP contribution in [-0.4, -0.2) is 17.3 Å². The fourth-order valence-electron chi connectivity index (χ4n) is 1.02. The molecular weight excluding hydrogens is 262 g/mol. The van der Waals surface area contributed by atoms with Crippen LogP contribution in [0.25, 0.3) is 0 Å². The highest BCUT2D eigenvalue weighted by molar-refractivity contribution is 9.08. The summed E-state index contributed by atoms with van der Waals surface area (Å²) in [5.74, 6) is -1.12. The van der Waals surface area contributed by atoms with Gasteiger partial charge in [-0.3, -0.25) is 0 Å². The zero-order valence-corrected chi connectivity index (χ0v) is 9.48. The molecule has 4 nitrogen and oxygen atoms in total. The van der Waals surface area contributed by atoms with Gasteiger partial charge in [0.15, 0.2) is 6.21 Å². The summed E-state index contributed by atoms with van der Waals surface area (Å²) in [5, 5.41) is 12.3. The molecule has 0 heterocycles. The second kappa shape index (κ2) is 6.19. The Hall–Kier alpha value is -1.36. The van der Waals surface area contributed by atoms with Crippen LogP contribution in [0.15, 0.2) is 29.4 Å². The highest BCUT2D eigenvalue weighted by Crippen LogP contribution is 2.13. The zero-order valence-electron chi connectivity index (χ0n) is 7.89. The van der Waals surface area contributed by atoms with Gasteiger partial charge in [0.1, 0.15) is 6.61 Å². The van der Waals surface area contributed by atoms with Crippen LogP contribution in [-0.2, 0) is 21.6 Å². The fraction of sp³-hybridized carbons (Fsp3) is 0.200. The van der Waals surface area contributed by atoms with Gasteiger partial charge in [-0.15, -0.1) is 0 Å². The van der Waals surface area contributed by atoms with Gasteiger partial charge < -0.3 is 9.94 Å². The normalized spacial score (nSPS) is 10.5. The van der Waals surface area contributed by atoms with Crippen molar-refractivity contribution in [3.63, 3.8) is 0 Å². The van der Waals surface area contributed by atoms with E-state index in [0.29, 0.717) is 0 Å². The van der Waals surface area contributed by atoms with E-state index in [1.54, 1.807) is 0 Å². The van der Waals surface area contributed by atoms with Crippen LogP contribution in [0.1, 0.15) is 11.1 Å². The van der Waals surface area contributed by atoms with Crippen molar-refractivity contribution in [2.24, 2.45) is 5.16 Å². The third-order valence-electron chi connectivity index (χ3n) is 1.72. The number of aliphatic carboxylic acids is 1. The van der Waals surface area contributed by atoms with Crippen molar-refractivity contribution in [2.45, 2.75) is 11.9 Å². The average molecular weight is 272 g/mol. The summed E-state index contributed by atoms with van der Waals surface area (Å²) in [6, 6.07) is 7.70. The zero-order chi connectivity index (χ0) is 11.1. The number of halogens is 1. The molecule has 80 valence electrons.